The molecule has 1 aromatic carbocycles. The predicted molar refractivity (Wildman–Crippen MR) is 56.9 cm³/mol. The third kappa shape index (κ3) is 1.47. The molecule has 0 saturated carbocycles. The predicted octanol–water partition coefficient (Wildman–Crippen LogP) is 2.18. The Kier molecular flexibility index (Phi) is 2.42. The first-order valence-corrected chi connectivity index (χ1v) is 4.55. The SMILES string of the molecule is O=C(OP)c1ccnc2ccccc12. The van der Waals surface area contributed by atoms with Crippen LogP contribution < -0.4 is 0 Å². The van der Waals surface area contributed by atoms with E-state index in [-0.39, 0.29) is 5.97 Å². The fourth-order valence-corrected chi connectivity index (χ4v) is 1.46. The third-order valence-corrected chi connectivity index (χ3v) is 2.19. The molecular formula is C10H8NO2P. The van der Waals surface area contributed by atoms with Gasteiger partial charge in [0.1, 0.15) is 0 Å². The fraction of sp³-hybridized carbons (Fsp3) is 0. The average Bonchev–Trinajstić information content (AvgIpc) is 2.27. The van der Waals surface area contributed by atoms with E-state index in [9.17, 15) is 4.79 Å². The second-order valence-electron chi connectivity index (χ2n) is 2.78. The van der Waals surface area contributed by atoms with Crippen molar-refractivity contribution >= 4 is 26.3 Å². The van der Waals surface area contributed by atoms with Crippen molar-refractivity contribution in [1.29, 1.82) is 0 Å². The van der Waals surface area contributed by atoms with Gasteiger partial charge in [0.25, 0.3) is 0 Å². The maximum Gasteiger partial charge on any atom is 0.341 e. The summed E-state index contributed by atoms with van der Waals surface area (Å²) in [6.45, 7) is 0. The van der Waals surface area contributed by atoms with Crippen LogP contribution in [0.2, 0.25) is 0 Å². The van der Waals surface area contributed by atoms with E-state index in [1.807, 2.05) is 33.7 Å². The lowest BCUT2D eigenvalue weighted by atomic mass is 10.1. The van der Waals surface area contributed by atoms with Crippen LogP contribution in [-0.2, 0) is 4.52 Å². The molecule has 0 aliphatic rings. The molecule has 0 saturated heterocycles. The summed E-state index contributed by atoms with van der Waals surface area (Å²) in [5.74, 6) is -0.367. The highest BCUT2D eigenvalue weighted by Gasteiger charge is 2.09. The average molecular weight is 205 g/mol. The molecule has 0 spiro atoms. The Labute approximate surface area is 83.4 Å². The summed E-state index contributed by atoms with van der Waals surface area (Å²) in [6, 6.07) is 9.09. The molecule has 1 aromatic heterocycles. The van der Waals surface area contributed by atoms with E-state index in [4.69, 9.17) is 0 Å². The highest BCUT2D eigenvalue weighted by atomic mass is 31.0. The monoisotopic (exact) mass is 205 g/mol. The number of benzene rings is 1. The van der Waals surface area contributed by atoms with Gasteiger partial charge in [-0.15, -0.1) is 0 Å². The Morgan fingerprint density at radius 1 is 1.29 bits per heavy atom. The quantitative estimate of drug-likeness (QED) is 0.670. The number of pyridine rings is 1. The van der Waals surface area contributed by atoms with Crippen molar-refractivity contribution in [2.75, 3.05) is 0 Å². The number of aromatic nitrogens is 1. The maximum absolute atomic E-state index is 11.4. The highest BCUT2D eigenvalue weighted by Crippen LogP contribution is 2.17. The lowest BCUT2D eigenvalue weighted by Crippen LogP contribution is -1.99. The van der Waals surface area contributed by atoms with Crippen LogP contribution in [0.15, 0.2) is 36.5 Å². The van der Waals surface area contributed by atoms with E-state index in [1.54, 1.807) is 12.3 Å². The van der Waals surface area contributed by atoms with Gasteiger partial charge in [-0.25, -0.2) is 4.79 Å². The van der Waals surface area contributed by atoms with Crippen LogP contribution in [0.3, 0.4) is 0 Å². The Bertz CT molecular complexity index is 479. The van der Waals surface area contributed by atoms with Gasteiger partial charge in [-0.05, 0) is 12.1 Å². The van der Waals surface area contributed by atoms with Gasteiger partial charge in [-0.2, -0.15) is 0 Å². The van der Waals surface area contributed by atoms with Gasteiger partial charge >= 0.3 is 5.97 Å². The Hall–Kier alpha value is -1.47. The minimum absolute atomic E-state index is 0.367. The number of carbonyl (C=O) groups excluding carboxylic acids is 1. The molecule has 3 nitrogen and oxygen atoms in total. The number of hydrogen-bond acceptors (Lipinski definition) is 3. The Balaban J connectivity index is 2.71. The molecule has 0 aliphatic heterocycles. The van der Waals surface area contributed by atoms with E-state index >= 15 is 0 Å². The van der Waals surface area contributed by atoms with Crippen LogP contribution in [0.4, 0.5) is 0 Å². The van der Waals surface area contributed by atoms with Crippen LogP contribution in [-0.4, -0.2) is 11.0 Å². The summed E-state index contributed by atoms with van der Waals surface area (Å²) in [7, 11) is 1.95. The molecule has 0 radical (unpaired) electrons. The normalized spacial score (nSPS) is 10.1. The van der Waals surface area contributed by atoms with Crippen LogP contribution in [0.5, 0.6) is 0 Å². The molecule has 4 heteroatoms. The number of rotatable bonds is 1. The minimum Gasteiger partial charge on any atom is -0.448 e. The van der Waals surface area contributed by atoms with Gasteiger partial charge in [-0.1, -0.05) is 18.2 Å². The molecule has 2 rings (SSSR count). The standard InChI is InChI=1S/C10H8NO2P/c12-10(13-14)8-5-6-11-9-4-2-1-3-7(8)9/h1-6H,14H2. The summed E-state index contributed by atoms with van der Waals surface area (Å²) in [5, 5.41) is 0.808. The summed E-state index contributed by atoms with van der Waals surface area (Å²) < 4.78 is 4.59. The molecule has 0 aliphatic carbocycles. The van der Waals surface area contributed by atoms with Crippen molar-refractivity contribution in [3.05, 3.63) is 42.1 Å². The van der Waals surface area contributed by atoms with E-state index in [0.29, 0.717) is 5.56 Å². The summed E-state index contributed by atoms with van der Waals surface area (Å²) in [4.78, 5) is 15.5. The Morgan fingerprint density at radius 3 is 2.86 bits per heavy atom. The zero-order valence-corrected chi connectivity index (χ0v) is 8.46. The summed E-state index contributed by atoms with van der Waals surface area (Å²) >= 11 is 0. The first-order chi connectivity index (χ1) is 6.83. The lowest BCUT2D eigenvalue weighted by Gasteiger charge is -2.02. The first kappa shape index (κ1) is 9.10. The van der Waals surface area contributed by atoms with Crippen molar-refractivity contribution < 1.29 is 9.32 Å². The second-order valence-corrected chi connectivity index (χ2v) is 3.02. The largest absolute Gasteiger partial charge is 0.448 e. The van der Waals surface area contributed by atoms with Gasteiger partial charge in [0.2, 0.25) is 0 Å². The molecule has 1 heterocycles. The van der Waals surface area contributed by atoms with Gasteiger partial charge in [-0.3, -0.25) is 4.98 Å². The third-order valence-electron chi connectivity index (χ3n) is 1.98. The second kappa shape index (κ2) is 3.72. The highest BCUT2D eigenvalue weighted by molar-refractivity contribution is 7.10. The van der Waals surface area contributed by atoms with E-state index in [1.165, 1.54) is 0 Å². The van der Waals surface area contributed by atoms with Crippen molar-refractivity contribution in [3.8, 4) is 0 Å². The molecule has 14 heavy (non-hydrogen) atoms. The van der Waals surface area contributed by atoms with Gasteiger partial charge < -0.3 is 4.52 Å². The number of fused-ring (bicyclic) bond motifs is 1. The number of nitrogens with zero attached hydrogens (tertiary/aromatic N) is 1. The van der Waals surface area contributed by atoms with Gasteiger partial charge in [0, 0.05) is 11.6 Å². The van der Waals surface area contributed by atoms with Gasteiger partial charge in [0.15, 0.2) is 0 Å². The molecule has 0 bridgehead atoms. The van der Waals surface area contributed by atoms with E-state index in [2.05, 4.69) is 9.51 Å². The van der Waals surface area contributed by atoms with Gasteiger partial charge in [0.05, 0.1) is 20.5 Å². The van der Waals surface area contributed by atoms with E-state index in [0.717, 1.165) is 10.9 Å². The van der Waals surface area contributed by atoms with Crippen LogP contribution >= 0.6 is 9.47 Å². The molecule has 70 valence electrons. The van der Waals surface area contributed by atoms with Crippen LogP contribution in [0, 0.1) is 0 Å². The number of carbonyl (C=O) groups is 1. The summed E-state index contributed by atoms with van der Waals surface area (Å²) in [5.41, 5.74) is 1.33. The van der Waals surface area contributed by atoms with Crippen LogP contribution in [0.25, 0.3) is 10.9 Å². The maximum atomic E-state index is 11.4. The van der Waals surface area contributed by atoms with Crippen LogP contribution in [0.1, 0.15) is 10.4 Å². The van der Waals surface area contributed by atoms with E-state index < -0.39 is 0 Å². The molecular weight excluding hydrogens is 197 g/mol. The van der Waals surface area contributed by atoms with Crippen molar-refractivity contribution in [1.82, 2.24) is 4.98 Å². The van der Waals surface area contributed by atoms with Crippen molar-refractivity contribution in [2.45, 2.75) is 0 Å². The number of hydrogen-bond donors (Lipinski definition) is 0. The smallest absolute Gasteiger partial charge is 0.341 e. The molecule has 1 atom stereocenters. The molecule has 0 N–H and O–H groups in total. The molecule has 2 aromatic rings. The first-order valence-electron chi connectivity index (χ1n) is 4.08. The topological polar surface area (TPSA) is 39.2 Å². The fourth-order valence-electron chi connectivity index (χ4n) is 1.34. The van der Waals surface area contributed by atoms with Crippen molar-refractivity contribution in [3.63, 3.8) is 0 Å². The Morgan fingerprint density at radius 2 is 2.07 bits per heavy atom. The lowest BCUT2D eigenvalue weighted by molar-refractivity contribution is 0.0767. The van der Waals surface area contributed by atoms with Crippen molar-refractivity contribution in [2.24, 2.45) is 0 Å². The molecule has 0 fully saturated rings. The molecule has 1 unspecified atom stereocenters. The number of para-hydroxylation sites is 1. The minimum atomic E-state index is -0.367. The summed E-state index contributed by atoms with van der Waals surface area (Å²) in [6.07, 6.45) is 1.60. The molecule has 0 amide bonds. The zero-order chi connectivity index (χ0) is 9.97. The zero-order valence-electron chi connectivity index (χ0n) is 7.31.